The van der Waals surface area contributed by atoms with E-state index in [2.05, 4.69) is 15.5 Å². The van der Waals surface area contributed by atoms with Gasteiger partial charge in [0, 0.05) is 24.7 Å². The summed E-state index contributed by atoms with van der Waals surface area (Å²) in [5.74, 6) is 0.475. The molecule has 2 aromatic carbocycles. The quantitative estimate of drug-likeness (QED) is 0.232. The summed E-state index contributed by atoms with van der Waals surface area (Å²) in [4.78, 5) is 19.5. The third kappa shape index (κ3) is 8.60. The number of aliphatic hydroxyl groups excluding tert-OH is 1. The first-order valence-corrected chi connectivity index (χ1v) is 14.6. The molecule has 0 aliphatic heterocycles. The lowest BCUT2D eigenvalue weighted by molar-refractivity contribution is 0.0786. The highest BCUT2D eigenvalue weighted by atomic mass is 19.1. The van der Waals surface area contributed by atoms with Gasteiger partial charge < -0.3 is 20.1 Å². The zero-order valence-corrected chi connectivity index (χ0v) is 24.6. The molecule has 1 aliphatic carbocycles. The number of rotatable bonds is 11. The smallest absolute Gasteiger partial charge is 0.322 e. The van der Waals surface area contributed by atoms with Gasteiger partial charge in [-0.2, -0.15) is 4.98 Å². The van der Waals surface area contributed by atoms with Crippen molar-refractivity contribution >= 4 is 11.7 Å². The number of unbranched alkanes of at least 4 members (excludes halogenated alkanes) is 2. The van der Waals surface area contributed by atoms with E-state index in [0.717, 1.165) is 54.5 Å². The van der Waals surface area contributed by atoms with E-state index >= 15 is 0 Å². The van der Waals surface area contributed by atoms with Gasteiger partial charge >= 0.3 is 6.03 Å². The van der Waals surface area contributed by atoms with Crippen molar-refractivity contribution in [1.29, 1.82) is 0 Å². The Bertz CT molecular complexity index is 1270. The van der Waals surface area contributed by atoms with Crippen LogP contribution < -0.4 is 10.2 Å². The minimum absolute atomic E-state index is 0.0137. The van der Waals surface area contributed by atoms with Crippen molar-refractivity contribution in [3.63, 3.8) is 0 Å². The fourth-order valence-electron chi connectivity index (χ4n) is 5.07. The molecular formula is C32H43FN4O4. The first kappa shape index (κ1) is 30.7. The number of benzene rings is 2. The topological polar surface area (TPSA) is 112 Å². The monoisotopic (exact) mass is 566 g/mol. The maximum atomic E-state index is 14.0. The molecular weight excluding hydrogens is 523 g/mol. The Hall–Kier alpha value is -3.30. The Labute approximate surface area is 242 Å². The average molecular weight is 567 g/mol. The highest BCUT2D eigenvalue weighted by molar-refractivity contribution is 5.93. The van der Waals surface area contributed by atoms with Gasteiger partial charge in [-0.25, -0.2) is 9.18 Å². The molecule has 0 atom stereocenters. The molecule has 1 aromatic heterocycles. The molecule has 4 rings (SSSR count). The summed E-state index contributed by atoms with van der Waals surface area (Å²) in [5.41, 5.74) is 1.03. The standard InChI is InChI=1S/C32H43FN4O4/c1-31(2,33)29-35-28(36-41-29)11-6-5-7-20-37(30(39)34-25-16-18-27(38)19-17-25)26-10-8-9-23(21-26)22-12-14-24(15-13-22)32(3,4)40/h8-10,12-15,21,25,27,38,40H,5-7,11,16-20H2,1-4H3,(H,34,39)/t25-,27-. The minimum Gasteiger partial charge on any atom is -0.393 e. The molecule has 9 heteroatoms. The largest absolute Gasteiger partial charge is 0.393 e. The summed E-state index contributed by atoms with van der Waals surface area (Å²) in [5, 5.41) is 27.2. The number of hydrogen-bond acceptors (Lipinski definition) is 6. The van der Waals surface area contributed by atoms with Gasteiger partial charge in [-0.3, -0.25) is 4.90 Å². The van der Waals surface area contributed by atoms with Gasteiger partial charge in [0.25, 0.3) is 5.89 Å². The van der Waals surface area contributed by atoms with Gasteiger partial charge in [0.1, 0.15) is 0 Å². The fraction of sp³-hybridized carbons (Fsp3) is 0.531. The summed E-state index contributed by atoms with van der Waals surface area (Å²) in [6.07, 6.45) is 5.58. The Kier molecular flexibility index (Phi) is 9.81. The number of anilines is 1. The molecule has 1 heterocycles. The molecule has 1 saturated carbocycles. The number of aryl methyl sites for hydroxylation is 1. The van der Waals surface area contributed by atoms with E-state index in [1.807, 2.05) is 48.5 Å². The number of nitrogens with zero attached hydrogens (tertiary/aromatic N) is 3. The van der Waals surface area contributed by atoms with E-state index in [4.69, 9.17) is 4.52 Å². The van der Waals surface area contributed by atoms with Gasteiger partial charge in [0.2, 0.25) is 0 Å². The van der Waals surface area contributed by atoms with Crippen LogP contribution in [-0.2, 0) is 17.7 Å². The SMILES string of the molecule is CC(C)(O)c1ccc(-c2cccc(N(CCCCCc3noc(C(C)(C)F)n3)C(=O)N[C@H]3CC[C@H](O)CC3)c2)cc1. The van der Waals surface area contributed by atoms with Crippen LogP contribution in [0, 0.1) is 0 Å². The number of alkyl halides is 1. The van der Waals surface area contributed by atoms with Crippen molar-refractivity contribution in [3.8, 4) is 11.1 Å². The number of halogens is 1. The summed E-state index contributed by atoms with van der Waals surface area (Å²) in [6, 6.07) is 15.6. The normalized spacial score (nSPS) is 17.8. The van der Waals surface area contributed by atoms with E-state index in [9.17, 15) is 19.4 Å². The molecule has 41 heavy (non-hydrogen) atoms. The van der Waals surface area contributed by atoms with Crippen molar-refractivity contribution in [2.75, 3.05) is 11.4 Å². The first-order valence-electron chi connectivity index (χ1n) is 14.6. The van der Waals surface area contributed by atoms with E-state index < -0.39 is 11.3 Å². The third-order valence-corrected chi connectivity index (χ3v) is 7.61. The second-order valence-corrected chi connectivity index (χ2v) is 12.1. The molecule has 0 radical (unpaired) electrons. The molecule has 0 saturated heterocycles. The Morgan fingerprint density at radius 3 is 2.37 bits per heavy atom. The number of carbonyl (C=O) groups excluding carboxylic acids is 1. The van der Waals surface area contributed by atoms with Crippen LogP contribution in [-0.4, -0.2) is 45.1 Å². The molecule has 1 aliphatic rings. The fourth-order valence-corrected chi connectivity index (χ4v) is 5.07. The summed E-state index contributed by atoms with van der Waals surface area (Å²) in [6.45, 7) is 6.82. The van der Waals surface area contributed by atoms with Gasteiger partial charge in [0.15, 0.2) is 11.5 Å². The van der Waals surface area contributed by atoms with Crippen molar-refractivity contribution < 1.29 is 23.9 Å². The highest BCUT2D eigenvalue weighted by Crippen LogP contribution is 2.29. The number of carbonyl (C=O) groups is 1. The van der Waals surface area contributed by atoms with Crippen LogP contribution in [0.4, 0.5) is 14.9 Å². The van der Waals surface area contributed by atoms with Crippen LogP contribution in [0.2, 0.25) is 0 Å². The summed E-state index contributed by atoms with van der Waals surface area (Å²) < 4.78 is 19.1. The average Bonchev–Trinajstić information content (AvgIpc) is 3.41. The van der Waals surface area contributed by atoms with Crippen LogP contribution in [0.25, 0.3) is 11.1 Å². The summed E-state index contributed by atoms with van der Waals surface area (Å²) >= 11 is 0. The number of aromatic nitrogens is 2. The number of urea groups is 1. The Morgan fingerprint density at radius 1 is 1.02 bits per heavy atom. The van der Waals surface area contributed by atoms with Crippen LogP contribution >= 0.6 is 0 Å². The predicted molar refractivity (Wildman–Crippen MR) is 157 cm³/mol. The molecule has 0 spiro atoms. The van der Waals surface area contributed by atoms with Crippen LogP contribution in [0.3, 0.4) is 0 Å². The second-order valence-electron chi connectivity index (χ2n) is 12.1. The second kappa shape index (κ2) is 13.1. The molecule has 8 nitrogen and oxygen atoms in total. The zero-order valence-electron chi connectivity index (χ0n) is 24.6. The number of amides is 2. The van der Waals surface area contributed by atoms with Crippen LogP contribution in [0.1, 0.15) is 89.9 Å². The van der Waals surface area contributed by atoms with Gasteiger partial charge in [-0.15, -0.1) is 0 Å². The van der Waals surface area contributed by atoms with Crippen molar-refractivity contribution in [1.82, 2.24) is 15.5 Å². The maximum absolute atomic E-state index is 14.0. The van der Waals surface area contributed by atoms with Gasteiger partial charge in [-0.1, -0.05) is 48.0 Å². The maximum Gasteiger partial charge on any atom is 0.322 e. The molecule has 3 N–H and O–H groups in total. The van der Waals surface area contributed by atoms with E-state index in [0.29, 0.717) is 31.6 Å². The molecule has 1 fully saturated rings. The van der Waals surface area contributed by atoms with E-state index in [1.54, 1.807) is 18.7 Å². The summed E-state index contributed by atoms with van der Waals surface area (Å²) in [7, 11) is 0. The van der Waals surface area contributed by atoms with Crippen LogP contribution in [0.15, 0.2) is 53.1 Å². The lowest BCUT2D eigenvalue weighted by atomic mass is 9.93. The van der Waals surface area contributed by atoms with E-state index in [1.165, 1.54) is 13.8 Å². The Balaban J connectivity index is 1.43. The number of hydrogen-bond donors (Lipinski definition) is 3. The van der Waals surface area contributed by atoms with Gasteiger partial charge in [-0.05, 0) is 95.0 Å². The molecule has 222 valence electrons. The van der Waals surface area contributed by atoms with Gasteiger partial charge in [0.05, 0.1) is 11.7 Å². The third-order valence-electron chi connectivity index (χ3n) is 7.61. The molecule has 3 aromatic rings. The number of aliphatic hydroxyl groups is 2. The molecule has 0 bridgehead atoms. The first-order chi connectivity index (χ1) is 19.4. The van der Waals surface area contributed by atoms with Crippen molar-refractivity contribution in [2.45, 2.75) is 102 Å². The highest BCUT2D eigenvalue weighted by Gasteiger charge is 2.27. The minimum atomic E-state index is -1.67. The predicted octanol–water partition coefficient (Wildman–Crippen LogP) is 6.40. The van der Waals surface area contributed by atoms with Crippen molar-refractivity contribution in [2.24, 2.45) is 0 Å². The van der Waals surface area contributed by atoms with Crippen molar-refractivity contribution in [3.05, 3.63) is 65.8 Å². The van der Waals surface area contributed by atoms with E-state index in [-0.39, 0.29) is 24.1 Å². The zero-order chi connectivity index (χ0) is 29.6. The number of nitrogens with one attached hydrogen (secondary N) is 1. The lowest BCUT2D eigenvalue weighted by Crippen LogP contribution is -2.47. The molecule has 0 unspecified atom stereocenters. The lowest BCUT2D eigenvalue weighted by Gasteiger charge is -2.30. The Morgan fingerprint density at radius 2 is 1.73 bits per heavy atom. The van der Waals surface area contributed by atoms with Crippen LogP contribution in [0.5, 0.6) is 0 Å². The molecule has 2 amide bonds.